The van der Waals surface area contributed by atoms with Crippen molar-refractivity contribution in [2.24, 2.45) is 0 Å². The van der Waals surface area contributed by atoms with Crippen LogP contribution < -0.4 is 0 Å². The maximum absolute atomic E-state index is 9.77. The molecule has 0 radical (unpaired) electrons. The lowest BCUT2D eigenvalue weighted by molar-refractivity contribution is -0.131. The number of hydrogen-bond acceptors (Lipinski definition) is 2. The fourth-order valence-corrected chi connectivity index (χ4v) is 0.691. The summed E-state index contributed by atoms with van der Waals surface area (Å²) in [5.74, 6) is -0.281. The van der Waals surface area contributed by atoms with Crippen LogP contribution in [0.1, 0.15) is 6.92 Å². The summed E-state index contributed by atoms with van der Waals surface area (Å²) in [7, 11) is 5.09. The van der Waals surface area contributed by atoms with Crippen molar-refractivity contribution < 1.29 is 8.58 Å². The second kappa shape index (κ2) is 3.48. The molecule has 0 aromatic heterocycles. The molecule has 0 aliphatic heterocycles. The largest absolute Gasteiger partial charge is 0.656 e. The minimum absolute atomic E-state index is 0.281. The summed E-state index contributed by atoms with van der Waals surface area (Å²) in [6.45, 7) is 1.34. The van der Waals surface area contributed by atoms with Gasteiger partial charge in [0, 0.05) is 6.92 Å². The SMILES string of the molecule is CC(=O)[O][AlH][Cl]. The van der Waals surface area contributed by atoms with Gasteiger partial charge in [-0.05, 0) is 0 Å². The Bertz CT molecular complexity index is 55.5. The van der Waals surface area contributed by atoms with E-state index in [0.29, 0.717) is 0 Å². The van der Waals surface area contributed by atoms with E-state index >= 15 is 0 Å². The molecule has 0 amide bonds. The van der Waals surface area contributed by atoms with E-state index in [9.17, 15) is 4.79 Å². The van der Waals surface area contributed by atoms with Gasteiger partial charge in [-0.15, -0.1) is 0 Å². The third-order valence-electron chi connectivity index (χ3n) is 0.258. The topological polar surface area (TPSA) is 26.3 Å². The molecule has 0 aliphatic rings. The van der Waals surface area contributed by atoms with Gasteiger partial charge in [-0.3, -0.25) is 4.79 Å². The molecule has 0 aliphatic carbocycles. The van der Waals surface area contributed by atoms with E-state index in [1.54, 1.807) is 0 Å². The van der Waals surface area contributed by atoms with Crippen LogP contribution >= 0.6 is 10.0 Å². The number of carbonyl (C=O) groups is 1. The average Bonchev–Trinajstić information content (AvgIpc) is 1.35. The van der Waals surface area contributed by atoms with Crippen LogP contribution in [0.4, 0.5) is 0 Å². The van der Waals surface area contributed by atoms with E-state index in [0.717, 1.165) is 0 Å². The van der Waals surface area contributed by atoms with Crippen molar-refractivity contribution in [3.05, 3.63) is 0 Å². The van der Waals surface area contributed by atoms with E-state index in [1.165, 1.54) is 6.92 Å². The lowest BCUT2D eigenvalue weighted by Crippen LogP contribution is -1.96. The number of rotatable bonds is 1. The molecule has 0 heterocycles. The highest BCUT2D eigenvalue weighted by Crippen LogP contribution is 1.72. The summed E-state index contributed by atoms with van der Waals surface area (Å²) < 4.78 is 4.31. The lowest BCUT2D eigenvalue weighted by Gasteiger charge is -1.88. The van der Waals surface area contributed by atoms with E-state index < -0.39 is 14.6 Å². The van der Waals surface area contributed by atoms with Crippen LogP contribution in [0.15, 0.2) is 0 Å². The van der Waals surface area contributed by atoms with Crippen molar-refractivity contribution in [2.75, 3.05) is 0 Å². The zero-order valence-corrected chi connectivity index (χ0v) is 5.57. The second-order valence-corrected chi connectivity index (χ2v) is 1.91. The third kappa shape index (κ3) is 4.29. The summed E-state index contributed by atoms with van der Waals surface area (Å²) >= 11 is -1.01. The Morgan fingerprint density at radius 3 is 2.50 bits per heavy atom. The summed E-state index contributed by atoms with van der Waals surface area (Å²) in [4.78, 5) is 9.77. The molecular weight excluding hydrogens is 118 g/mol. The van der Waals surface area contributed by atoms with Crippen molar-refractivity contribution in [2.45, 2.75) is 6.92 Å². The van der Waals surface area contributed by atoms with E-state index in [1.807, 2.05) is 0 Å². The molecule has 0 fully saturated rings. The highest BCUT2D eigenvalue weighted by atomic mass is 35.6. The highest BCUT2D eigenvalue weighted by molar-refractivity contribution is 6.90. The summed E-state index contributed by atoms with van der Waals surface area (Å²) in [5, 5.41) is 0. The molecule has 0 spiro atoms. The molecule has 0 N–H and O–H groups in total. The zero-order chi connectivity index (χ0) is 4.99. The van der Waals surface area contributed by atoms with Crippen LogP contribution in [0.3, 0.4) is 0 Å². The fourth-order valence-electron chi connectivity index (χ4n) is 0.0768. The first-order valence-electron chi connectivity index (χ1n) is 1.46. The standard InChI is InChI=1S/C2H4O2.Al.ClH.H/c1-2(3)4;;;/h1H3,(H,3,4);;1H;/q;+2;;/p-2. The Morgan fingerprint density at radius 2 is 2.50 bits per heavy atom. The lowest BCUT2D eigenvalue weighted by atomic mass is 10.9. The quantitative estimate of drug-likeness (QED) is 0.460. The molecule has 0 aromatic rings. The molecule has 4 heteroatoms. The van der Waals surface area contributed by atoms with Crippen LogP contribution in [-0.4, -0.2) is 20.6 Å². The van der Waals surface area contributed by atoms with Gasteiger partial charge in [-0.2, -0.15) is 0 Å². The first kappa shape index (κ1) is 6.29. The predicted molar refractivity (Wildman–Crippen MR) is 24.8 cm³/mol. The Hall–Kier alpha value is 0.292. The molecule has 2 nitrogen and oxygen atoms in total. The summed E-state index contributed by atoms with van der Waals surface area (Å²) in [6, 6.07) is 0. The van der Waals surface area contributed by atoms with Crippen LogP contribution in [0.2, 0.25) is 0 Å². The maximum atomic E-state index is 9.77. The van der Waals surface area contributed by atoms with E-state index in [-0.39, 0.29) is 5.97 Å². The molecule has 0 aromatic carbocycles. The van der Waals surface area contributed by atoms with Crippen LogP contribution in [-0.2, 0) is 8.58 Å². The van der Waals surface area contributed by atoms with Gasteiger partial charge in [0.1, 0.15) is 0 Å². The smallest absolute Gasteiger partial charge is 0.608 e. The molecule has 0 atom stereocenters. The Kier molecular flexibility index (Phi) is 3.65. The molecule has 0 saturated carbocycles. The van der Waals surface area contributed by atoms with E-state index in [2.05, 4.69) is 3.79 Å². The maximum Gasteiger partial charge on any atom is 0.656 e. The molecule has 0 unspecified atom stereocenters. The van der Waals surface area contributed by atoms with Gasteiger partial charge in [0.2, 0.25) is 0 Å². The Balaban J connectivity index is 2.83. The van der Waals surface area contributed by atoms with E-state index in [4.69, 9.17) is 10.0 Å². The average molecular weight is 122 g/mol. The summed E-state index contributed by atoms with van der Waals surface area (Å²) in [6.07, 6.45) is 0. The fraction of sp³-hybridized carbons (Fsp3) is 0.500. The van der Waals surface area contributed by atoms with Crippen molar-refractivity contribution in [3.63, 3.8) is 0 Å². The monoisotopic (exact) mass is 122 g/mol. The van der Waals surface area contributed by atoms with Gasteiger partial charge in [-0.1, -0.05) is 0 Å². The minimum atomic E-state index is -1.01. The van der Waals surface area contributed by atoms with Crippen molar-refractivity contribution >= 4 is 30.7 Å². The van der Waals surface area contributed by atoms with Gasteiger partial charge in [0.05, 0.1) is 0 Å². The van der Waals surface area contributed by atoms with Crippen molar-refractivity contribution in [1.29, 1.82) is 0 Å². The van der Waals surface area contributed by atoms with Gasteiger partial charge >= 0.3 is 14.6 Å². The zero-order valence-electron chi connectivity index (χ0n) is 3.40. The second-order valence-electron chi connectivity index (χ2n) is 0.745. The van der Waals surface area contributed by atoms with Gasteiger partial charge in [0.25, 0.3) is 5.97 Å². The van der Waals surface area contributed by atoms with Gasteiger partial charge in [-0.25, -0.2) is 10.0 Å². The predicted octanol–water partition coefficient (Wildman–Crippen LogP) is 0.0548. The number of halogens is 1. The molecular formula is C2H4AlClO2. The molecule has 0 bridgehead atoms. The first-order valence-corrected chi connectivity index (χ1v) is 4.18. The van der Waals surface area contributed by atoms with Crippen LogP contribution in [0, 0.1) is 0 Å². The number of carbonyl (C=O) groups excluding carboxylic acids is 1. The van der Waals surface area contributed by atoms with Crippen molar-refractivity contribution in [1.82, 2.24) is 0 Å². The van der Waals surface area contributed by atoms with Crippen LogP contribution in [0.25, 0.3) is 0 Å². The van der Waals surface area contributed by atoms with Gasteiger partial charge < -0.3 is 3.79 Å². The first-order chi connectivity index (χ1) is 2.77. The minimum Gasteiger partial charge on any atom is -0.608 e. The van der Waals surface area contributed by atoms with Crippen molar-refractivity contribution in [3.8, 4) is 0 Å². The Labute approximate surface area is 46.7 Å². The highest BCUT2D eigenvalue weighted by Gasteiger charge is 1.89. The summed E-state index contributed by atoms with van der Waals surface area (Å²) in [5.41, 5.74) is 0. The normalized spacial score (nSPS) is 7.00. The molecule has 6 heavy (non-hydrogen) atoms. The molecule has 0 rings (SSSR count). The number of hydrogen-bond donors (Lipinski definition) is 0. The van der Waals surface area contributed by atoms with Crippen LogP contribution in [0.5, 0.6) is 0 Å². The third-order valence-corrected chi connectivity index (χ3v) is 1.10. The Morgan fingerprint density at radius 1 is 2.00 bits per heavy atom. The van der Waals surface area contributed by atoms with Gasteiger partial charge in [0.15, 0.2) is 0 Å². The molecule has 34 valence electrons. The molecule has 0 saturated heterocycles.